The number of amides is 2. The lowest BCUT2D eigenvalue weighted by atomic mass is 10.1. The number of hydrogen-bond donors (Lipinski definition) is 1. The van der Waals surface area contributed by atoms with Crippen LogP contribution in [-0.4, -0.2) is 45.7 Å². The molecule has 4 rings (SSSR count). The van der Waals surface area contributed by atoms with Gasteiger partial charge in [0.1, 0.15) is 0 Å². The maximum atomic E-state index is 12.7. The van der Waals surface area contributed by atoms with Gasteiger partial charge < -0.3 is 24.6 Å². The molecule has 0 radical (unpaired) electrons. The van der Waals surface area contributed by atoms with Crippen LogP contribution in [-0.2, 0) is 16.1 Å². The largest absolute Gasteiger partial charge is 0.493 e. The predicted octanol–water partition coefficient (Wildman–Crippen LogP) is 2.97. The van der Waals surface area contributed by atoms with E-state index in [0.717, 1.165) is 18.7 Å². The molecule has 2 heterocycles. The molecule has 0 bridgehead atoms. The van der Waals surface area contributed by atoms with Crippen molar-refractivity contribution >= 4 is 23.2 Å². The first-order valence-corrected chi connectivity index (χ1v) is 10.7. The molecule has 0 spiro atoms. The maximum Gasteiger partial charge on any atom is 0.227 e. The van der Waals surface area contributed by atoms with Gasteiger partial charge in [0.2, 0.25) is 11.8 Å². The summed E-state index contributed by atoms with van der Waals surface area (Å²) in [6, 6.07) is 13.7. The fraction of sp³-hybridized carbons (Fsp3) is 0.417. The number of hydrogen-bond acceptors (Lipinski definition) is 5. The Kier molecular flexibility index (Phi) is 6.30. The van der Waals surface area contributed by atoms with Gasteiger partial charge in [-0.05, 0) is 42.7 Å². The fourth-order valence-electron chi connectivity index (χ4n) is 4.26. The smallest absolute Gasteiger partial charge is 0.227 e. The number of anilines is 2. The van der Waals surface area contributed by atoms with Crippen LogP contribution in [0.5, 0.6) is 11.5 Å². The molecule has 31 heavy (non-hydrogen) atoms. The highest BCUT2D eigenvalue weighted by Crippen LogP contribution is 2.34. The van der Waals surface area contributed by atoms with Gasteiger partial charge in [0.25, 0.3) is 0 Å². The van der Waals surface area contributed by atoms with Crippen molar-refractivity contribution in [2.24, 2.45) is 5.92 Å². The lowest BCUT2D eigenvalue weighted by Gasteiger charge is -2.19. The first-order chi connectivity index (χ1) is 15.1. The first kappa shape index (κ1) is 21.0. The molecule has 2 fully saturated rings. The monoisotopic (exact) mass is 423 g/mol. The zero-order chi connectivity index (χ0) is 21.8. The van der Waals surface area contributed by atoms with E-state index in [1.54, 1.807) is 31.3 Å². The van der Waals surface area contributed by atoms with E-state index >= 15 is 0 Å². The molecule has 1 unspecified atom stereocenters. The molecule has 2 aliphatic heterocycles. The molecule has 2 saturated heterocycles. The molecule has 164 valence electrons. The van der Waals surface area contributed by atoms with Crippen molar-refractivity contribution in [2.75, 3.05) is 43.7 Å². The van der Waals surface area contributed by atoms with Crippen molar-refractivity contribution < 1.29 is 19.1 Å². The zero-order valence-corrected chi connectivity index (χ0v) is 18.1. The van der Waals surface area contributed by atoms with Crippen LogP contribution in [0, 0.1) is 5.92 Å². The highest BCUT2D eigenvalue weighted by molar-refractivity contribution is 6.00. The van der Waals surface area contributed by atoms with Gasteiger partial charge >= 0.3 is 0 Å². The standard InChI is InChI=1S/C24H29N3O4/c1-30-21-10-9-20(14-22(21)31-2)27-16-18(13-23(27)28)24(29)25-15-17-5-7-19(8-6-17)26-11-3-4-12-26/h5-10,14,18H,3-4,11-13,15-16H2,1-2H3,(H,25,29). The van der Waals surface area contributed by atoms with Gasteiger partial charge in [-0.25, -0.2) is 0 Å². The molecule has 1 atom stereocenters. The second-order valence-corrected chi connectivity index (χ2v) is 8.02. The summed E-state index contributed by atoms with van der Waals surface area (Å²) in [4.78, 5) is 29.3. The van der Waals surface area contributed by atoms with Crippen LogP contribution in [0.15, 0.2) is 42.5 Å². The van der Waals surface area contributed by atoms with Crippen LogP contribution in [0.25, 0.3) is 0 Å². The minimum atomic E-state index is -0.371. The summed E-state index contributed by atoms with van der Waals surface area (Å²) in [7, 11) is 3.13. The normalized spacial score (nSPS) is 18.4. The molecular weight excluding hydrogens is 394 g/mol. The van der Waals surface area contributed by atoms with Crippen molar-refractivity contribution in [3.63, 3.8) is 0 Å². The van der Waals surface area contributed by atoms with Crippen LogP contribution in [0.2, 0.25) is 0 Å². The lowest BCUT2D eigenvalue weighted by Crippen LogP contribution is -2.32. The molecule has 0 aromatic heterocycles. The number of ether oxygens (including phenoxy) is 2. The average Bonchev–Trinajstić information content (AvgIpc) is 3.47. The Bertz CT molecular complexity index is 938. The molecule has 7 nitrogen and oxygen atoms in total. The molecule has 1 N–H and O–H groups in total. The van der Waals surface area contributed by atoms with Gasteiger partial charge in [0.15, 0.2) is 11.5 Å². The maximum absolute atomic E-state index is 12.7. The van der Waals surface area contributed by atoms with Crippen molar-refractivity contribution in [2.45, 2.75) is 25.8 Å². The van der Waals surface area contributed by atoms with Gasteiger partial charge in [-0.1, -0.05) is 12.1 Å². The number of nitrogens with zero attached hydrogens (tertiary/aromatic N) is 2. The Hall–Kier alpha value is -3.22. The van der Waals surface area contributed by atoms with E-state index in [9.17, 15) is 9.59 Å². The van der Waals surface area contributed by atoms with Gasteiger partial charge in [-0.2, -0.15) is 0 Å². The van der Waals surface area contributed by atoms with Gasteiger partial charge in [0.05, 0.1) is 20.1 Å². The number of methoxy groups -OCH3 is 2. The second kappa shape index (κ2) is 9.29. The summed E-state index contributed by atoms with van der Waals surface area (Å²) in [6.45, 7) is 3.04. The third-order valence-corrected chi connectivity index (χ3v) is 6.05. The summed E-state index contributed by atoms with van der Waals surface area (Å²) in [5, 5.41) is 2.99. The number of carbonyl (C=O) groups is 2. The molecule has 2 amide bonds. The Morgan fingerprint density at radius 2 is 1.68 bits per heavy atom. The van der Waals surface area contributed by atoms with Crippen molar-refractivity contribution in [1.29, 1.82) is 0 Å². The Morgan fingerprint density at radius 1 is 1.00 bits per heavy atom. The van der Waals surface area contributed by atoms with Crippen LogP contribution in [0.1, 0.15) is 24.8 Å². The van der Waals surface area contributed by atoms with Gasteiger partial charge in [-0.15, -0.1) is 0 Å². The SMILES string of the molecule is COc1ccc(N2CC(C(=O)NCc3ccc(N4CCCC4)cc3)CC2=O)cc1OC. The van der Waals surface area contributed by atoms with Crippen molar-refractivity contribution in [3.05, 3.63) is 48.0 Å². The third-order valence-electron chi connectivity index (χ3n) is 6.05. The van der Waals surface area contributed by atoms with E-state index in [1.807, 2.05) is 6.07 Å². The van der Waals surface area contributed by atoms with Crippen molar-refractivity contribution in [1.82, 2.24) is 5.32 Å². The van der Waals surface area contributed by atoms with E-state index in [-0.39, 0.29) is 24.2 Å². The third kappa shape index (κ3) is 4.60. The summed E-state index contributed by atoms with van der Waals surface area (Å²) in [6.07, 6.45) is 2.70. The van der Waals surface area contributed by atoms with Crippen LogP contribution in [0.3, 0.4) is 0 Å². The summed E-state index contributed by atoms with van der Waals surface area (Å²) in [5.74, 6) is 0.618. The van der Waals surface area contributed by atoms with E-state index in [1.165, 1.54) is 18.5 Å². The molecule has 2 aromatic carbocycles. The quantitative estimate of drug-likeness (QED) is 0.741. The lowest BCUT2D eigenvalue weighted by molar-refractivity contribution is -0.126. The van der Waals surface area contributed by atoms with Gasteiger partial charge in [-0.3, -0.25) is 9.59 Å². The number of rotatable bonds is 7. The Labute approximate surface area is 182 Å². The highest BCUT2D eigenvalue weighted by Gasteiger charge is 2.35. The second-order valence-electron chi connectivity index (χ2n) is 8.02. The van der Waals surface area contributed by atoms with E-state index < -0.39 is 0 Å². The summed E-state index contributed by atoms with van der Waals surface area (Å²) in [5.41, 5.74) is 2.99. The molecule has 2 aromatic rings. The predicted molar refractivity (Wildman–Crippen MR) is 120 cm³/mol. The van der Waals surface area contributed by atoms with Crippen LogP contribution in [0.4, 0.5) is 11.4 Å². The van der Waals surface area contributed by atoms with Crippen LogP contribution >= 0.6 is 0 Å². The summed E-state index contributed by atoms with van der Waals surface area (Å²) >= 11 is 0. The first-order valence-electron chi connectivity index (χ1n) is 10.7. The number of benzene rings is 2. The van der Waals surface area contributed by atoms with Crippen LogP contribution < -0.4 is 24.6 Å². The minimum Gasteiger partial charge on any atom is -0.493 e. The van der Waals surface area contributed by atoms with E-state index in [2.05, 4.69) is 34.5 Å². The fourth-order valence-corrected chi connectivity index (χ4v) is 4.26. The highest BCUT2D eigenvalue weighted by atomic mass is 16.5. The molecule has 7 heteroatoms. The topological polar surface area (TPSA) is 71.1 Å². The molecule has 0 saturated carbocycles. The van der Waals surface area contributed by atoms with Crippen molar-refractivity contribution in [3.8, 4) is 11.5 Å². The zero-order valence-electron chi connectivity index (χ0n) is 18.1. The molecule has 0 aliphatic carbocycles. The molecule has 2 aliphatic rings. The van der Waals surface area contributed by atoms with E-state index in [4.69, 9.17) is 9.47 Å². The Morgan fingerprint density at radius 3 is 2.35 bits per heavy atom. The Balaban J connectivity index is 1.34. The summed E-state index contributed by atoms with van der Waals surface area (Å²) < 4.78 is 10.6. The molecular formula is C24H29N3O4. The average molecular weight is 424 g/mol. The number of nitrogens with one attached hydrogen (secondary N) is 1. The minimum absolute atomic E-state index is 0.0673. The van der Waals surface area contributed by atoms with Gasteiger partial charge in [0, 0.05) is 50.0 Å². The number of carbonyl (C=O) groups excluding carboxylic acids is 2. The van der Waals surface area contributed by atoms with E-state index in [0.29, 0.717) is 30.3 Å².